The summed E-state index contributed by atoms with van der Waals surface area (Å²) in [5, 5.41) is 11.7. The molecule has 1 N–H and O–H groups in total. The van der Waals surface area contributed by atoms with Crippen LogP contribution in [0, 0.1) is 17.8 Å². The van der Waals surface area contributed by atoms with E-state index in [-0.39, 0.29) is 5.91 Å². The molecule has 0 saturated heterocycles. The van der Waals surface area contributed by atoms with Crippen LogP contribution < -0.4 is 5.32 Å². The van der Waals surface area contributed by atoms with Crippen LogP contribution in [0.1, 0.15) is 50.2 Å². The number of rotatable bonds is 4. The van der Waals surface area contributed by atoms with E-state index in [4.69, 9.17) is 0 Å². The van der Waals surface area contributed by atoms with E-state index in [1.807, 2.05) is 0 Å². The molecule has 1 amide bonds. The second-order valence-corrected chi connectivity index (χ2v) is 6.82. The fourth-order valence-electron chi connectivity index (χ4n) is 4.36. The molecule has 3 aliphatic rings. The first kappa shape index (κ1) is 13.3. The molecule has 1 aliphatic heterocycles. The topological polar surface area (TPSA) is 59.8 Å². The van der Waals surface area contributed by atoms with Gasteiger partial charge < -0.3 is 9.88 Å². The minimum atomic E-state index is 0.278. The Morgan fingerprint density at radius 1 is 1.14 bits per heavy atom. The molecule has 21 heavy (non-hydrogen) atoms. The zero-order chi connectivity index (χ0) is 14.2. The van der Waals surface area contributed by atoms with Crippen molar-refractivity contribution in [2.75, 3.05) is 6.54 Å². The molecule has 2 aliphatic carbocycles. The summed E-state index contributed by atoms with van der Waals surface area (Å²) in [4.78, 5) is 12.1. The first-order valence-electron chi connectivity index (χ1n) is 8.53. The zero-order valence-corrected chi connectivity index (χ0v) is 12.6. The van der Waals surface area contributed by atoms with E-state index in [2.05, 4.69) is 20.1 Å². The lowest BCUT2D eigenvalue weighted by atomic mass is 10.1. The molecule has 0 bridgehead atoms. The van der Waals surface area contributed by atoms with Crippen molar-refractivity contribution in [2.24, 2.45) is 17.8 Å². The Bertz CT molecular complexity index is 528. The van der Waals surface area contributed by atoms with Gasteiger partial charge in [0.1, 0.15) is 11.6 Å². The van der Waals surface area contributed by atoms with Gasteiger partial charge in [-0.1, -0.05) is 12.8 Å². The quantitative estimate of drug-likeness (QED) is 0.917. The summed E-state index contributed by atoms with van der Waals surface area (Å²) in [5.74, 6) is 4.19. The molecule has 0 spiro atoms. The largest absolute Gasteiger partial charge is 0.355 e. The molecule has 2 fully saturated rings. The van der Waals surface area contributed by atoms with Crippen molar-refractivity contribution < 1.29 is 4.79 Å². The lowest BCUT2D eigenvalue weighted by Gasteiger charge is -2.08. The number of aromatic nitrogens is 3. The van der Waals surface area contributed by atoms with Crippen molar-refractivity contribution in [2.45, 2.75) is 57.9 Å². The summed E-state index contributed by atoms with van der Waals surface area (Å²) in [6.45, 7) is 1.74. The molecule has 1 aromatic rings. The maximum Gasteiger partial charge on any atom is 0.223 e. The first-order chi connectivity index (χ1) is 10.3. The Balaban J connectivity index is 1.29. The number of aryl methyl sites for hydroxylation is 1. The summed E-state index contributed by atoms with van der Waals surface area (Å²) in [7, 11) is 0. The zero-order valence-electron chi connectivity index (χ0n) is 12.6. The van der Waals surface area contributed by atoms with Gasteiger partial charge in [-0.05, 0) is 37.5 Å². The molecule has 4 rings (SSSR count). The highest BCUT2D eigenvalue weighted by molar-refractivity contribution is 5.82. The van der Waals surface area contributed by atoms with Crippen LogP contribution in [0.15, 0.2) is 0 Å². The van der Waals surface area contributed by atoms with Crippen LogP contribution in [-0.4, -0.2) is 27.2 Å². The van der Waals surface area contributed by atoms with Crippen molar-refractivity contribution in [3.05, 3.63) is 11.6 Å². The third-order valence-electron chi connectivity index (χ3n) is 5.54. The van der Waals surface area contributed by atoms with Crippen molar-refractivity contribution in [1.82, 2.24) is 20.1 Å². The van der Waals surface area contributed by atoms with Gasteiger partial charge in [0.05, 0.1) is 0 Å². The van der Waals surface area contributed by atoms with Gasteiger partial charge in [-0.25, -0.2) is 0 Å². The summed E-state index contributed by atoms with van der Waals surface area (Å²) in [5.41, 5.74) is 0. The number of hydrogen-bond donors (Lipinski definition) is 1. The number of carbonyl (C=O) groups excluding carboxylic acids is 1. The minimum Gasteiger partial charge on any atom is -0.355 e. The van der Waals surface area contributed by atoms with E-state index < -0.39 is 0 Å². The van der Waals surface area contributed by atoms with Crippen LogP contribution in [0.25, 0.3) is 0 Å². The fourth-order valence-corrected chi connectivity index (χ4v) is 4.36. The molecular weight excluding hydrogens is 264 g/mol. The highest BCUT2D eigenvalue weighted by Crippen LogP contribution is 2.57. The monoisotopic (exact) mass is 288 g/mol. The van der Waals surface area contributed by atoms with E-state index in [1.54, 1.807) is 0 Å². The van der Waals surface area contributed by atoms with E-state index in [0.29, 0.717) is 24.3 Å². The molecule has 5 nitrogen and oxygen atoms in total. The third-order valence-corrected chi connectivity index (χ3v) is 5.54. The second kappa shape index (κ2) is 5.43. The smallest absolute Gasteiger partial charge is 0.223 e. The number of nitrogens with one attached hydrogen (secondary N) is 1. The molecule has 0 aromatic carbocycles. The predicted molar refractivity (Wildman–Crippen MR) is 78.6 cm³/mol. The Labute approximate surface area is 125 Å². The van der Waals surface area contributed by atoms with Gasteiger partial charge in [0, 0.05) is 31.8 Å². The SMILES string of the molecule is O=C(NCCc1nnc2n1CCCCC2)C1C2CCCC21. The molecule has 2 atom stereocenters. The molecule has 114 valence electrons. The predicted octanol–water partition coefficient (Wildman–Crippen LogP) is 1.71. The standard InChI is InChI=1S/C16H24N4O/c21-16(15-11-5-4-6-12(11)15)17-9-8-14-19-18-13-7-2-1-3-10-20(13)14/h11-12,15H,1-10H2,(H,17,21). The van der Waals surface area contributed by atoms with Crippen LogP contribution in [0.4, 0.5) is 0 Å². The van der Waals surface area contributed by atoms with Gasteiger partial charge in [-0.2, -0.15) is 0 Å². The number of amides is 1. The number of carbonyl (C=O) groups is 1. The van der Waals surface area contributed by atoms with Crippen molar-refractivity contribution in [3.8, 4) is 0 Å². The van der Waals surface area contributed by atoms with Crippen LogP contribution >= 0.6 is 0 Å². The van der Waals surface area contributed by atoms with Crippen molar-refractivity contribution in [1.29, 1.82) is 0 Å². The lowest BCUT2D eigenvalue weighted by Crippen LogP contribution is -2.29. The fraction of sp³-hybridized carbons (Fsp3) is 0.812. The summed E-state index contributed by atoms with van der Waals surface area (Å²) in [6, 6.07) is 0. The average Bonchev–Trinajstić information content (AvgIpc) is 2.88. The first-order valence-corrected chi connectivity index (χ1v) is 8.53. The number of fused-ring (bicyclic) bond motifs is 2. The van der Waals surface area contributed by atoms with E-state index in [1.165, 1.54) is 38.5 Å². The average molecular weight is 288 g/mol. The highest BCUT2D eigenvalue weighted by atomic mass is 16.2. The van der Waals surface area contributed by atoms with Gasteiger partial charge in [0.15, 0.2) is 0 Å². The second-order valence-electron chi connectivity index (χ2n) is 6.82. The van der Waals surface area contributed by atoms with E-state index in [9.17, 15) is 4.79 Å². The van der Waals surface area contributed by atoms with Gasteiger partial charge in [0.2, 0.25) is 5.91 Å². The molecule has 5 heteroatoms. The molecule has 1 aromatic heterocycles. The Kier molecular flexibility index (Phi) is 3.43. The molecule has 2 heterocycles. The minimum absolute atomic E-state index is 0.278. The molecule has 0 radical (unpaired) electrons. The third kappa shape index (κ3) is 2.47. The molecule has 2 saturated carbocycles. The van der Waals surface area contributed by atoms with Crippen molar-refractivity contribution in [3.63, 3.8) is 0 Å². The number of hydrogen-bond acceptors (Lipinski definition) is 3. The van der Waals surface area contributed by atoms with Crippen LogP contribution in [0.3, 0.4) is 0 Å². The highest BCUT2D eigenvalue weighted by Gasteiger charge is 2.56. The Hall–Kier alpha value is -1.39. The van der Waals surface area contributed by atoms with Gasteiger partial charge in [-0.3, -0.25) is 4.79 Å². The molecule has 2 unspecified atom stereocenters. The van der Waals surface area contributed by atoms with Crippen LogP contribution in [0.2, 0.25) is 0 Å². The lowest BCUT2D eigenvalue weighted by molar-refractivity contribution is -0.123. The maximum absolute atomic E-state index is 12.1. The summed E-state index contributed by atoms with van der Waals surface area (Å²) >= 11 is 0. The van der Waals surface area contributed by atoms with Gasteiger partial charge in [0.25, 0.3) is 0 Å². The summed E-state index contributed by atoms with van der Waals surface area (Å²) in [6.07, 6.45) is 9.43. The van der Waals surface area contributed by atoms with Crippen molar-refractivity contribution >= 4 is 5.91 Å². The summed E-state index contributed by atoms with van der Waals surface area (Å²) < 4.78 is 2.27. The van der Waals surface area contributed by atoms with Gasteiger partial charge >= 0.3 is 0 Å². The maximum atomic E-state index is 12.1. The Morgan fingerprint density at radius 3 is 2.86 bits per heavy atom. The van der Waals surface area contributed by atoms with Crippen LogP contribution in [0.5, 0.6) is 0 Å². The van der Waals surface area contributed by atoms with E-state index in [0.717, 1.165) is 31.0 Å². The Morgan fingerprint density at radius 2 is 2.00 bits per heavy atom. The number of nitrogens with zero attached hydrogens (tertiary/aromatic N) is 3. The van der Waals surface area contributed by atoms with E-state index >= 15 is 0 Å². The normalized spacial score (nSPS) is 30.4. The van der Waals surface area contributed by atoms with Crippen LogP contribution in [-0.2, 0) is 24.2 Å². The molecular formula is C16H24N4O. The van der Waals surface area contributed by atoms with Gasteiger partial charge in [-0.15, -0.1) is 10.2 Å².